The minimum absolute atomic E-state index is 0.0154. The molecule has 6 nitrogen and oxygen atoms in total. The summed E-state index contributed by atoms with van der Waals surface area (Å²) in [5.74, 6) is -0.251. The molecule has 2 rings (SSSR count). The number of amides is 1. The van der Waals surface area contributed by atoms with E-state index in [4.69, 9.17) is 0 Å². The number of benzene rings is 2. The fraction of sp³-hybridized carbons (Fsp3) is 0.350. The molecule has 2 aromatic rings. The third-order valence-electron chi connectivity index (χ3n) is 4.52. The fourth-order valence-electron chi connectivity index (χ4n) is 2.61. The number of aryl methyl sites for hydroxylation is 2. The SMILES string of the molecule is Cc1ccc(S(=O)(=O)NCCC(=O)NC(C)c2ccc(S(C)=O)cc2)cc1C. The van der Waals surface area contributed by atoms with Crippen LogP contribution in [0.4, 0.5) is 0 Å². The van der Waals surface area contributed by atoms with Gasteiger partial charge in [0.25, 0.3) is 0 Å². The van der Waals surface area contributed by atoms with E-state index < -0.39 is 20.8 Å². The number of sulfonamides is 1. The molecule has 2 unspecified atom stereocenters. The van der Waals surface area contributed by atoms with Gasteiger partial charge in [0.1, 0.15) is 0 Å². The maximum atomic E-state index is 12.3. The topological polar surface area (TPSA) is 92.3 Å². The molecule has 0 radical (unpaired) electrons. The zero-order valence-corrected chi connectivity index (χ0v) is 18.1. The molecule has 2 N–H and O–H groups in total. The van der Waals surface area contributed by atoms with E-state index in [9.17, 15) is 17.4 Å². The normalized spacial score (nSPS) is 13.7. The zero-order valence-electron chi connectivity index (χ0n) is 16.5. The Morgan fingerprint density at radius 1 is 1.07 bits per heavy atom. The van der Waals surface area contributed by atoms with Crippen molar-refractivity contribution in [3.63, 3.8) is 0 Å². The van der Waals surface area contributed by atoms with Gasteiger partial charge in [0.2, 0.25) is 15.9 Å². The van der Waals surface area contributed by atoms with Crippen molar-refractivity contribution in [1.82, 2.24) is 10.0 Å². The number of hydrogen-bond donors (Lipinski definition) is 2. The summed E-state index contributed by atoms with van der Waals surface area (Å²) in [7, 11) is -4.69. The molecule has 0 saturated carbocycles. The van der Waals surface area contributed by atoms with Crippen LogP contribution in [0.3, 0.4) is 0 Å². The molecule has 8 heteroatoms. The molecule has 0 aliphatic heterocycles. The lowest BCUT2D eigenvalue weighted by Gasteiger charge is -2.15. The second kappa shape index (κ2) is 9.45. The molecule has 0 saturated heterocycles. The van der Waals surface area contributed by atoms with Crippen molar-refractivity contribution in [2.24, 2.45) is 0 Å². The van der Waals surface area contributed by atoms with Gasteiger partial charge in [-0.2, -0.15) is 0 Å². The van der Waals surface area contributed by atoms with Crippen molar-refractivity contribution >= 4 is 26.7 Å². The maximum absolute atomic E-state index is 12.3. The van der Waals surface area contributed by atoms with Crippen LogP contribution >= 0.6 is 0 Å². The van der Waals surface area contributed by atoms with Crippen molar-refractivity contribution in [3.8, 4) is 0 Å². The third kappa shape index (κ3) is 5.98. The van der Waals surface area contributed by atoms with Crippen molar-refractivity contribution in [1.29, 1.82) is 0 Å². The van der Waals surface area contributed by atoms with Gasteiger partial charge in [-0.05, 0) is 61.7 Å². The molecular weight excluding hydrogens is 396 g/mol. The molecule has 0 fully saturated rings. The van der Waals surface area contributed by atoms with E-state index >= 15 is 0 Å². The van der Waals surface area contributed by atoms with Gasteiger partial charge in [-0.15, -0.1) is 0 Å². The van der Waals surface area contributed by atoms with E-state index in [1.807, 2.05) is 32.9 Å². The molecule has 0 heterocycles. The fourth-order valence-corrected chi connectivity index (χ4v) is 4.24. The molecule has 0 bridgehead atoms. The minimum atomic E-state index is -3.65. The Labute approximate surface area is 169 Å². The van der Waals surface area contributed by atoms with Crippen LogP contribution in [0.5, 0.6) is 0 Å². The molecule has 0 aliphatic carbocycles. The van der Waals surface area contributed by atoms with Crippen molar-refractivity contribution in [3.05, 3.63) is 59.2 Å². The molecule has 0 aliphatic rings. The average Bonchev–Trinajstić information content (AvgIpc) is 2.63. The Hall–Kier alpha value is -2.03. The lowest BCUT2D eigenvalue weighted by Crippen LogP contribution is -2.32. The summed E-state index contributed by atoms with van der Waals surface area (Å²) in [4.78, 5) is 13.0. The Balaban J connectivity index is 1.87. The number of carbonyl (C=O) groups is 1. The highest BCUT2D eigenvalue weighted by atomic mass is 32.2. The highest BCUT2D eigenvalue weighted by Crippen LogP contribution is 2.16. The molecule has 2 aromatic carbocycles. The standard InChI is InChI=1S/C20H26N2O4S2/c1-14-5-10-19(13-15(14)2)28(25,26)21-12-11-20(23)22-16(3)17-6-8-18(9-7-17)27(4)24/h5-10,13,16,21H,11-12H2,1-4H3,(H,22,23). The van der Waals surface area contributed by atoms with Gasteiger partial charge in [0.05, 0.1) is 10.9 Å². The lowest BCUT2D eigenvalue weighted by molar-refractivity contribution is -0.121. The number of carbonyl (C=O) groups excluding carboxylic acids is 1. The van der Waals surface area contributed by atoms with Crippen molar-refractivity contribution in [2.45, 2.75) is 43.0 Å². The Bertz CT molecular complexity index is 970. The molecule has 0 aromatic heterocycles. The van der Waals surface area contributed by atoms with E-state index in [2.05, 4.69) is 10.0 Å². The highest BCUT2D eigenvalue weighted by Gasteiger charge is 2.16. The van der Waals surface area contributed by atoms with Crippen LogP contribution in [0.15, 0.2) is 52.3 Å². The van der Waals surface area contributed by atoms with Crippen LogP contribution < -0.4 is 10.0 Å². The second-order valence-electron chi connectivity index (χ2n) is 6.71. The first kappa shape index (κ1) is 22.3. The summed E-state index contributed by atoms with van der Waals surface area (Å²) >= 11 is 0. The molecule has 1 amide bonds. The van der Waals surface area contributed by atoms with E-state index in [0.29, 0.717) is 0 Å². The Kier molecular flexibility index (Phi) is 7.51. The van der Waals surface area contributed by atoms with Gasteiger partial charge >= 0.3 is 0 Å². The smallest absolute Gasteiger partial charge is 0.240 e. The average molecular weight is 423 g/mol. The maximum Gasteiger partial charge on any atom is 0.240 e. The first-order valence-corrected chi connectivity index (χ1v) is 11.9. The summed E-state index contributed by atoms with van der Waals surface area (Å²) in [6, 6.07) is 11.9. The monoisotopic (exact) mass is 422 g/mol. The van der Waals surface area contributed by atoms with Gasteiger partial charge in [-0.25, -0.2) is 13.1 Å². The molecule has 28 heavy (non-hydrogen) atoms. The Morgan fingerprint density at radius 2 is 1.71 bits per heavy atom. The summed E-state index contributed by atoms with van der Waals surface area (Å²) in [5.41, 5.74) is 2.80. The van der Waals surface area contributed by atoms with Crippen LogP contribution in [0.2, 0.25) is 0 Å². The van der Waals surface area contributed by atoms with Gasteiger partial charge in [0.15, 0.2) is 0 Å². The summed E-state index contributed by atoms with van der Waals surface area (Å²) < 4.78 is 38.6. The van der Waals surface area contributed by atoms with Crippen LogP contribution in [-0.2, 0) is 25.6 Å². The van der Waals surface area contributed by atoms with Crippen LogP contribution in [0.1, 0.15) is 36.1 Å². The summed E-state index contributed by atoms with van der Waals surface area (Å²) in [6.07, 6.45) is 1.64. The van der Waals surface area contributed by atoms with E-state index in [-0.39, 0.29) is 29.8 Å². The quantitative estimate of drug-likeness (QED) is 0.684. The Morgan fingerprint density at radius 3 is 2.29 bits per heavy atom. The van der Waals surface area contributed by atoms with E-state index in [1.54, 1.807) is 36.6 Å². The number of hydrogen-bond acceptors (Lipinski definition) is 4. The molecular formula is C20H26N2O4S2. The first-order valence-electron chi connectivity index (χ1n) is 8.90. The molecule has 0 spiro atoms. The van der Waals surface area contributed by atoms with Crippen molar-refractivity contribution < 1.29 is 17.4 Å². The van der Waals surface area contributed by atoms with Crippen LogP contribution in [0.25, 0.3) is 0 Å². The van der Waals surface area contributed by atoms with Crippen molar-refractivity contribution in [2.75, 3.05) is 12.8 Å². The largest absolute Gasteiger partial charge is 0.350 e. The predicted octanol–water partition coefficient (Wildman–Crippen LogP) is 2.59. The summed E-state index contributed by atoms with van der Waals surface area (Å²) in [5, 5.41) is 2.84. The van der Waals surface area contributed by atoms with Crippen LogP contribution in [-0.4, -0.2) is 31.3 Å². The predicted molar refractivity (Wildman–Crippen MR) is 111 cm³/mol. The van der Waals surface area contributed by atoms with Gasteiger partial charge < -0.3 is 5.32 Å². The second-order valence-corrected chi connectivity index (χ2v) is 9.85. The van der Waals surface area contributed by atoms with E-state index in [1.165, 1.54) is 0 Å². The zero-order chi connectivity index (χ0) is 20.9. The number of rotatable bonds is 8. The third-order valence-corrected chi connectivity index (χ3v) is 6.92. The highest BCUT2D eigenvalue weighted by molar-refractivity contribution is 7.89. The minimum Gasteiger partial charge on any atom is -0.350 e. The van der Waals surface area contributed by atoms with Gasteiger partial charge in [0, 0.05) is 34.9 Å². The summed E-state index contributed by atoms with van der Waals surface area (Å²) in [6.45, 7) is 5.63. The van der Waals surface area contributed by atoms with Gasteiger partial charge in [-0.1, -0.05) is 18.2 Å². The molecule has 152 valence electrons. The lowest BCUT2D eigenvalue weighted by atomic mass is 10.1. The van der Waals surface area contributed by atoms with Gasteiger partial charge in [-0.3, -0.25) is 9.00 Å². The van der Waals surface area contributed by atoms with E-state index in [0.717, 1.165) is 21.6 Å². The van der Waals surface area contributed by atoms with Crippen LogP contribution in [0, 0.1) is 13.8 Å². The first-order chi connectivity index (χ1) is 13.1. The molecule has 2 atom stereocenters. The number of nitrogens with one attached hydrogen (secondary N) is 2.